The second kappa shape index (κ2) is 8.39. The second-order valence-electron chi connectivity index (χ2n) is 6.61. The monoisotopic (exact) mass is 392 g/mol. The van der Waals surface area contributed by atoms with Crippen molar-refractivity contribution in [1.29, 1.82) is 0 Å². The molecule has 3 N–H and O–H groups in total. The summed E-state index contributed by atoms with van der Waals surface area (Å²) in [6.45, 7) is 3.59. The topological polar surface area (TPSA) is 117 Å². The van der Waals surface area contributed by atoms with Gasteiger partial charge in [0.25, 0.3) is 17.2 Å². The minimum atomic E-state index is -0.545. The number of benzene rings is 2. The average molecular weight is 392 g/mol. The molecule has 2 aromatic carbocycles. The van der Waals surface area contributed by atoms with Crippen LogP contribution >= 0.6 is 0 Å². The van der Waals surface area contributed by atoms with Crippen molar-refractivity contribution in [2.45, 2.75) is 20.4 Å². The number of nitrogens with zero attached hydrogens (tertiary/aromatic N) is 1. The zero-order valence-corrected chi connectivity index (χ0v) is 16.0. The number of nitrogens with one attached hydrogen (secondary N) is 3. The van der Waals surface area contributed by atoms with E-state index in [-0.39, 0.29) is 29.0 Å². The van der Waals surface area contributed by atoms with E-state index in [2.05, 4.69) is 15.6 Å². The summed E-state index contributed by atoms with van der Waals surface area (Å²) in [5.41, 5.74) is 2.57. The van der Waals surface area contributed by atoms with E-state index in [0.29, 0.717) is 11.3 Å². The number of carbonyl (C=O) groups excluding carboxylic acids is 1. The van der Waals surface area contributed by atoms with E-state index in [0.717, 1.165) is 11.3 Å². The van der Waals surface area contributed by atoms with Crippen LogP contribution in [0.25, 0.3) is 0 Å². The van der Waals surface area contributed by atoms with Crippen LogP contribution in [-0.4, -0.2) is 15.8 Å². The number of anilines is 2. The Morgan fingerprint density at radius 1 is 1.10 bits per heavy atom. The van der Waals surface area contributed by atoms with Crippen LogP contribution in [0.4, 0.5) is 17.1 Å². The largest absolute Gasteiger partial charge is 0.350 e. The zero-order chi connectivity index (χ0) is 21.0. The van der Waals surface area contributed by atoms with E-state index in [9.17, 15) is 19.7 Å². The number of aromatic nitrogens is 1. The van der Waals surface area contributed by atoms with Gasteiger partial charge in [0.05, 0.1) is 4.92 Å². The summed E-state index contributed by atoms with van der Waals surface area (Å²) in [5, 5.41) is 17.1. The number of nitro groups is 1. The van der Waals surface area contributed by atoms with Crippen molar-refractivity contribution in [3.05, 3.63) is 97.4 Å². The Balaban J connectivity index is 1.80. The first kappa shape index (κ1) is 19.8. The number of rotatable bonds is 6. The number of pyridine rings is 1. The van der Waals surface area contributed by atoms with E-state index in [1.165, 1.54) is 18.2 Å². The van der Waals surface area contributed by atoms with Crippen LogP contribution in [0.1, 0.15) is 27.2 Å². The van der Waals surface area contributed by atoms with Crippen molar-refractivity contribution in [3.8, 4) is 0 Å². The molecule has 0 aliphatic heterocycles. The molecule has 3 aromatic rings. The summed E-state index contributed by atoms with van der Waals surface area (Å²) in [5.74, 6) is -0.501. The van der Waals surface area contributed by atoms with E-state index in [1.807, 2.05) is 24.3 Å². The maximum Gasteiger partial charge on any atom is 0.293 e. The van der Waals surface area contributed by atoms with Gasteiger partial charge in [-0.1, -0.05) is 18.2 Å². The predicted octanol–water partition coefficient (Wildman–Crippen LogP) is 3.57. The molecule has 0 unspecified atom stereocenters. The third-order valence-electron chi connectivity index (χ3n) is 4.43. The van der Waals surface area contributed by atoms with Crippen molar-refractivity contribution >= 4 is 23.0 Å². The highest BCUT2D eigenvalue weighted by molar-refractivity contribution is 5.95. The maximum absolute atomic E-state index is 12.5. The van der Waals surface area contributed by atoms with Crippen LogP contribution < -0.4 is 16.2 Å². The van der Waals surface area contributed by atoms with Gasteiger partial charge in [-0.05, 0) is 49.7 Å². The summed E-state index contributed by atoms with van der Waals surface area (Å²) in [4.78, 5) is 38.2. The molecule has 1 heterocycles. The lowest BCUT2D eigenvalue weighted by Crippen LogP contribution is -2.28. The first-order valence-electron chi connectivity index (χ1n) is 8.93. The quantitative estimate of drug-likeness (QED) is 0.438. The van der Waals surface area contributed by atoms with Crippen LogP contribution in [0.3, 0.4) is 0 Å². The SMILES string of the molecule is Cc1cc(C)c(CNC(=O)c2ccc(Nc3ccccc3)c([N+](=O)[O-])c2)c(=O)[nH]1. The van der Waals surface area contributed by atoms with Gasteiger partial charge >= 0.3 is 0 Å². The van der Waals surface area contributed by atoms with Gasteiger partial charge in [-0.3, -0.25) is 19.7 Å². The second-order valence-corrected chi connectivity index (χ2v) is 6.61. The molecule has 0 bridgehead atoms. The molecule has 0 radical (unpaired) electrons. The molecule has 0 fully saturated rings. The van der Waals surface area contributed by atoms with Crippen molar-refractivity contribution in [2.24, 2.45) is 0 Å². The Morgan fingerprint density at radius 2 is 1.83 bits per heavy atom. The summed E-state index contributed by atoms with van der Waals surface area (Å²) >= 11 is 0. The van der Waals surface area contributed by atoms with E-state index in [1.54, 1.807) is 26.0 Å². The van der Waals surface area contributed by atoms with Crippen molar-refractivity contribution in [2.75, 3.05) is 5.32 Å². The highest BCUT2D eigenvalue weighted by Gasteiger charge is 2.18. The minimum Gasteiger partial charge on any atom is -0.350 e. The molecule has 8 heteroatoms. The molecule has 0 aliphatic carbocycles. The predicted molar refractivity (Wildman–Crippen MR) is 111 cm³/mol. The molecule has 0 aliphatic rings. The Labute approximate surface area is 166 Å². The fraction of sp³-hybridized carbons (Fsp3) is 0.143. The lowest BCUT2D eigenvalue weighted by atomic mass is 10.1. The third-order valence-corrected chi connectivity index (χ3v) is 4.43. The smallest absolute Gasteiger partial charge is 0.293 e. The molecule has 148 valence electrons. The molecule has 29 heavy (non-hydrogen) atoms. The summed E-state index contributed by atoms with van der Waals surface area (Å²) in [7, 11) is 0. The highest BCUT2D eigenvalue weighted by atomic mass is 16.6. The van der Waals surface area contributed by atoms with Gasteiger partial charge in [0, 0.05) is 35.1 Å². The first-order chi connectivity index (χ1) is 13.8. The normalized spacial score (nSPS) is 10.4. The van der Waals surface area contributed by atoms with Gasteiger partial charge in [-0.15, -0.1) is 0 Å². The van der Waals surface area contributed by atoms with Gasteiger partial charge in [-0.2, -0.15) is 0 Å². The number of para-hydroxylation sites is 1. The van der Waals surface area contributed by atoms with Gasteiger partial charge in [0.15, 0.2) is 0 Å². The molecule has 0 spiro atoms. The zero-order valence-electron chi connectivity index (χ0n) is 16.0. The van der Waals surface area contributed by atoms with Crippen molar-refractivity contribution in [1.82, 2.24) is 10.3 Å². The minimum absolute atomic E-state index is 0.0259. The number of H-pyrrole nitrogens is 1. The number of amides is 1. The molecular weight excluding hydrogens is 372 g/mol. The molecule has 3 rings (SSSR count). The van der Waals surface area contributed by atoms with Gasteiger partial charge in [0.2, 0.25) is 0 Å². The molecular formula is C21H20N4O4. The summed E-state index contributed by atoms with van der Waals surface area (Å²) < 4.78 is 0. The van der Waals surface area contributed by atoms with E-state index >= 15 is 0 Å². The van der Waals surface area contributed by atoms with Crippen LogP contribution in [0.15, 0.2) is 59.4 Å². The first-order valence-corrected chi connectivity index (χ1v) is 8.93. The Bertz CT molecular complexity index is 1120. The number of hydrogen-bond acceptors (Lipinski definition) is 5. The van der Waals surface area contributed by atoms with Gasteiger partial charge in [0.1, 0.15) is 5.69 Å². The molecule has 0 saturated heterocycles. The Kier molecular flexibility index (Phi) is 5.73. The third kappa shape index (κ3) is 4.67. The van der Waals surface area contributed by atoms with Crippen molar-refractivity contribution in [3.63, 3.8) is 0 Å². The lowest BCUT2D eigenvalue weighted by molar-refractivity contribution is -0.383. The van der Waals surface area contributed by atoms with Crippen molar-refractivity contribution < 1.29 is 9.72 Å². The van der Waals surface area contributed by atoms with E-state index < -0.39 is 10.8 Å². The average Bonchev–Trinajstić information content (AvgIpc) is 2.68. The maximum atomic E-state index is 12.5. The Hall–Kier alpha value is -3.94. The number of carbonyl (C=O) groups is 1. The number of aryl methyl sites for hydroxylation is 2. The van der Waals surface area contributed by atoms with E-state index in [4.69, 9.17) is 0 Å². The molecule has 0 saturated carbocycles. The number of nitro benzene ring substituents is 1. The van der Waals surface area contributed by atoms with Crippen LogP contribution in [-0.2, 0) is 6.54 Å². The van der Waals surface area contributed by atoms with Crippen LogP contribution in [0.5, 0.6) is 0 Å². The molecule has 1 amide bonds. The number of aromatic amines is 1. The lowest BCUT2D eigenvalue weighted by Gasteiger charge is -2.10. The fourth-order valence-electron chi connectivity index (χ4n) is 2.98. The molecule has 0 atom stereocenters. The van der Waals surface area contributed by atoms with Gasteiger partial charge in [-0.25, -0.2) is 0 Å². The highest BCUT2D eigenvalue weighted by Crippen LogP contribution is 2.28. The number of hydrogen-bond donors (Lipinski definition) is 3. The molecule has 8 nitrogen and oxygen atoms in total. The summed E-state index contributed by atoms with van der Waals surface area (Å²) in [6, 6.07) is 15.1. The molecule has 1 aromatic heterocycles. The van der Waals surface area contributed by atoms with Crippen LogP contribution in [0.2, 0.25) is 0 Å². The van der Waals surface area contributed by atoms with Gasteiger partial charge < -0.3 is 15.6 Å². The Morgan fingerprint density at radius 3 is 2.48 bits per heavy atom. The summed E-state index contributed by atoms with van der Waals surface area (Å²) in [6.07, 6.45) is 0. The standard InChI is InChI=1S/C21H20N4O4/c1-13-10-14(2)23-21(27)17(13)12-22-20(26)15-8-9-18(19(11-15)25(28)29)24-16-6-4-3-5-7-16/h3-11,24H,12H2,1-2H3,(H,22,26)(H,23,27). The fourth-order valence-corrected chi connectivity index (χ4v) is 2.98. The van der Waals surface area contributed by atoms with Crippen LogP contribution in [0, 0.1) is 24.0 Å².